The van der Waals surface area contributed by atoms with E-state index in [1.807, 2.05) is 0 Å². The third-order valence-corrected chi connectivity index (χ3v) is 2.34. The number of hydrogen-bond acceptors (Lipinski definition) is 5. The molecule has 0 rings (SSSR count). The van der Waals surface area contributed by atoms with E-state index >= 15 is 0 Å². The molecule has 0 aromatic rings. The molecule has 0 heterocycles. The van der Waals surface area contributed by atoms with Crippen molar-refractivity contribution in [1.29, 1.82) is 0 Å². The molecule has 1 unspecified atom stereocenters. The fourth-order valence-corrected chi connectivity index (χ4v) is 1.16. The first-order valence-electron chi connectivity index (χ1n) is 4.48. The maximum atomic E-state index is 11.3. The highest BCUT2D eigenvalue weighted by Gasteiger charge is 2.26. The molecule has 0 spiro atoms. The number of Topliss-reactive ketones (excluding diaryl/α,β-unsaturated/α-hetero) is 2. The zero-order valence-corrected chi connectivity index (χ0v) is 9.73. The van der Waals surface area contributed by atoms with Gasteiger partial charge in [-0.2, -0.15) is 12.6 Å². The Hall–Kier alpha value is -0.390. The molecule has 3 N–H and O–H groups in total. The first kappa shape index (κ1) is 13.6. The van der Waals surface area contributed by atoms with Crippen LogP contribution in [0.2, 0.25) is 0 Å². The highest BCUT2D eigenvalue weighted by molar-refractivity contribution is 7.81. The van der Waals surface area contributed by atoms with Gasteiger partial charge in [0.2, 0.25) is 0 Å². The minimum Gasteiger partial charge on any atom is -0.322 e. The second-order valence-electron chi connectivity index (χ2n) is 3.81. The summed E-state index contributed by atoms with van der Waals surface area (Å²) in [6.07, 6.45) is 0. The fraction of sp³-hybridized carbons (Fsp3) is 0.778. The third-order valence-electron chi connectivity index (χ3n) is 2.05. The van der Waals surface area contributed by atoms with E-state index < -0.39 is 11.6 Å². The fourth-order valence-electron chi connectivity index (χ4n) is 0.765. The monoisotopic (exact) mass is 218 g/mol. The van der Waals surface area contributed by atoms with E-state index in [4.69, 9.17) is 5.73 Å². The van der Waals surface area contributed by atoms with Crippen LogP contribution >= 0.6 is 12.6 Å². The Kier molecular flexibility index (Phi) is 5.33. The van der Waals surface area contributed by atoms with Gasteiger partial charge in [0.15, 0.2) is 11.6 Å². The molecule has 0 aliphatic rings. The molecule has 0 aromatic carbocycles. The molecular weight excluding hydrogens is 200 g/mol. The van der Waals surface area contributed by atoms with Crippen molar-refractivity contribution in [2.45, 2.75) is 32.4 Å². The van der Waals surface area contributed by atoms with Gasteiger partial charge >= 0.3 is 0 Å². The van der Waals surface area contributed by atoms with E-state index in [1.165, 1.54) is 0 Å². The summed E-state index contributed by atoms with van der Waals surface area (Å²) >= 11 is 3.89. The number of thiol groups is 1. The maximum Gasteiger partial charge on any atom is 0.162 e. The standard InChI is InChI=1S/C9H18N2O2S/c1-6(10)7(12)4-11-9(2,3)8(13)5-14/h6,11,14H,4-5,10H2,1-3H3. The van der Waals surface area contributed by atoms with Crippen LogP contribution in [0.25, 0.3) is 0 Å². The highest BCUT2D eigenvalue weighted by Crippen LogP contribution is 2.04. The SMILES string of the molecule is CC(N)C(=O)CNC(C)(C)C(=O)CS. The van der Waals surface area contributed by atoms with Crippen LogP contribution in [0.3, 0.4) is 0 Å². The lowest BCUT2D eigenvalue weighted by atomic mass is 10.00. The number of rotatable bonds is 6. The van der Waals surface area contributed by atoms with E-state index in [-0.39, 0.29) is 23.9 Å². The number of nitrogens with one attached hydrogen (secondary N) is 1. The Balaban J connectivity index is 4.12. The van der Waals surface area contributed by atoms with Gasteiger partial charge in [-0.05, 0) is 20.8 Å². The molecule has 82 valence electrons. The third kappa shape index (κ3) is 4.21. The summed E-state index contributed by atoms with van der Waals surface area (Å²) in [4.78, 5) is 22.5. The Bertz CT molecular complexity index is 227. The number of nitrogens with two attached hydrogens (primary N) is 1. The predicted molar refractivity (Wildman–Crippen MR) is 59.6 cm³/mol. The minimum atomic E-state index is -0.716. The summed E-state index contributed by atoms with van der Waals surface area (Å²) in [5, 5.41) is 2.86. The van der Waals surface area contributed by atoms with Gasteiger partial charge in [0, 0.05) is 0 Å². The Morgan fingerprint density at radius 3 is 2.36 bits per heavy atom. The largest absolute Gasteiger partial charge is 0.322 e. The predicted octanol–water partition coefficient (Wildman–Crippen LogP) is -0.230. The van der Waals surface area contributed by atoms with E-state index in [0.29, 0.717) is 0 Å². The molecule has 14 heavy (non-hydrogen) atoms. The summed E-state index contributed by atoms with van der Waals surface area (Å²) in [7, 11) is 0. The molecule has 0 aliphatic carbocycles. The summed E-state index contributed by atoms with van der Waals surface area (Å²) in [5.74, 6) is 0.00942. The Morgan fingerprint density at radius 2 is 2.00 bits per heavy atom. The first-order valence-corrected chi connectivity index (χ1v) is 5.12. The van der Waals surface area contributed by atoms with Gasteiger partial charge in [-0.1, -0.05) is 0 Å². The molecule has 0 aliphatic heterocycles. The van der Waals surface area contributed by atoms with Gasteiger partial charge in [0.1, 0.15) is 0 Å². The van der Waals surface area contributed by atoms with Crippen LogP contribution in [0.4, 0.5) is 0 Å². The van der Waals surface area contributed by atoms with Crippen LogP contribution in [0, 0.1) is 0 Å². The average Bonchev–Trinajstić information content (AvgIpc) is 2.12. The molecule has 0 radical (unpaired) electrons. The van der Waals surface area contributed by atoms with Crippen LogP contribution in [0.5, 0.6) is 0 Å². The molecular formula is C9H18N2O2S. The molecule has 0 amide bonds. The molecule has 1 atom stereocenters. The van der Waals surface area contributed by atoms with Crippen molar-refractivity contribution in [2.24, 2.45) is 5.73 Å². The van der Waals surface area contributed by atoms with Crippen LogP contribution < -0.4 is 11.1 Å². The van der Waals surface area contributed by atoms with Crippen molar-refractivity contribution < 1.29 is 9.59 Å². The van der Waals surface area contributed by atoms with Gasteiger partial charge in [-0.15, -0.1) is 0 Å². The maximum absolute atomic E-state index is 11.3. The second kappa shape index (κ2) is 5.48. The minimum absolute atomic E-state index is 0.0432. The second-order valence-corrected chi connectivity index (χ2v) is 4.13. The van der Waals surface area contributed by atoms with Crippen molar-refractivity contribution in [1.82, 2.24) is 5.32 Å². The van der Waals surface area contributed by atoms with Crippen molar-refractivity contribution in [3.8, 4) is 0 Å². The molecule has 0 saturated carbocycles. The summed E-state index contributed by atoms with van der Waals surface area (Å²) in [5.41, 5.74) is 4.67. The number of hydrogen-bond donors (Lipinski definition) is 3. The smallest absolute Gasteiger partial charge is 0.162 e. The molecule has 0 aromatic heterocycles. The van der Waals surface area contributed by atoms with Crippen molar-refractivity contribution in [3.05, 3.63) is 0 Å². The van der Waals surface area contributed by atoms with E-state index in [2.05, 4.69) is 17.9 Å². The summed E-state index contributed by atoms with van der Waals surface area (Å²) in [6, 6.07) is -0.496. The highest BCUT2D eigenvalue weighted by atomic mass is 32.1. The van der Waals surface area contributed by atoms with Crippen molar-refractivity contribution in [3.63, 3.8) is 0 Å². The zero-order chi connectivity index (χ0) is 11.4. The molecule has 0 saturated heterocycles. The Morgan fingerprint density at radius 1 is 1.50 bits per heavy atom. The number of carbonyl (C=O) groups is 2. The van der Waals surface area contributed by atoms with Gasteiger partial charge in [-0.3, -0.25) is 14.9 Å². The van der Waals surface area contributed by atoms with Crippen molar-refractivity contribution >= 4 is 24.2 Å². The number of carbonyl (C=O) groups excluding carboxylic acids is 2. The van der Waals surface area contributed by atoms with E-state index in [9.17, 15) is 9.59 Å². The lowest BCUT2D eigenvalue weighted by Crippen LogP contribution is -2.51. The topological polar surface area (TPSA) is 72.2 Å². The molecule has 0 fully saturated rings. The first-order chi connectivity index (χ1) is 6.31. The lowest BCUT2D eigenvalue weighted by Gasteiger charge is -2.24. The number of ketones is 2. The normalized spacial score (nSPS) is 13.8. The van der Waals surface area contributed by atoms with Gasteiger partial charge < -0.3 is 5.73 Å². The van der Waals surface area contributed by atoms with E-state index in [0.717, 1.165) is 0 Å². The van der Waals surface area contributed by atoms with Gasteiger partial charge in [0.05, 0.1) is 23.9 Å². The Labute approximate surface area is 90.0 Å². The lowest BCUT2D eigenvalue weighted by molar-refractivity contribution is -0.123. The molecule has 0 bridgehead atoms. The van der Waals surface area contributed by atoms with Crippen LogP contribution in [-0.4, -0.2) is 35.4 Å². The molecule has 5 heteroatoms. The summed E-state index contributed by atoms with van der Waals surface area (Å²) in [6.45, 7) is 5.18. The van der Waals surface area contributed by atoms with Crippen LogP contribution in [0.15, 0.2) is 0 Å². The summed E-state index contributed by atoms with van der Waals surface area (Å²) < 4.78 is 0. The van der Waals surface area contributed by atoms with Crippen LogP contribution in [0.1, 0.15) is 20.8 Å². The van der Waals surface area contributed by atoms with E-state index in [1.54, 1.807) is 20.8 Å². The molecule has 4 nitrogen and oxygen atoms in total. The van der Waals surface area contributed by atoms with Crippen LogP contribution in [-0.2, 0) is 9.59 Å². The van der Waals surface area contributed by atoms with Gasteiger partial charge in [-0.25, -0.2) is 0 Å². The van der Waals surface area contributed by atoms with Gasteiger partial charge in [0.25, 0.3) is 0 Å². The average molecular weight is 218 g/mol. The zero-order valence-electron chi connectivity index (χ0n) is 8.83. The quantitative estimate of drug-likeness (QED) is 0.539. The van der Waals surface area contributed by atoms with Crippen molar-refractivity contribution in [2.75, 3.05) is 12.3 Å².